The maximum atomic E-state index is 12.2. The molecule has 2 aromatic heterocycles. The lowest BCUT2D eigenvalue weighted by molar-refractivity contribution is 0.0404. The topological polar surface area (TPSA) is 103 Å². The van der Waals surface area contributed by atoms with E-state index in [1.54, 1.807) is 23.9 Å². The average Bonchev–Trinajstić information content (AvgIpc) is 3.33. The average molecular weight is 494 g/mol. The highest BCUT2D eigenvalue weighted by atomic mass is 35.5. The van der Waals surface area contributed by atoms with E-state index >= 15 is 0 Å². The number of aliphatic hydroxyl groups is 1. The summed E-state index contributed by atoms with van der Waals surface area (Å²) in [4.78, 5) is 18.7. The summed E-state index contributed by atoms with van der Waals surface area (Å²) in [6.45, 7) is 3.34. The predicted octanol–water partition coefficient (Wildman–Crippen LogP) is 2.16. The molecule has 35 heavy (non-hydrogen) atoms. The van der Waals surface area contributed by atoms with Crippen molar-refractivity contribution >= 4 is 22.6 Å². The fraction of sp³-hybridized carbons (Fsp3) is 0.423. The van der Waals surface area contributed by atoms with Gasteiger partial charge in [-0.3, -0.25) is 9.78 Å². The Labute approximate surface area is 208 Å². The Morgan fingerprint density at radius 2 is 2.23 bits per heavy atom. The molecule has 2 aliphatic heterocycles. The molecule has 1 fully saturated rings. The minimum Gasteiger partial charge on any atom is -0.492 e. The zero-order valence-electron chi connectivity index (χ0n) is 19.6. The number of piperidine rings is 1. The molecule has 8 nitrogen and oxygen atoms in total. The zero-order chi connectivity index (χ0) is 24.5. The third-order valence-corrected chi connectivity index (χ3v) is 7.39. The maximum Gasteiger partial charge on any atom is 0.250 e. The summed E-state index contributed by atoms with van der Waals surface area (Å²) in [5, 5.41) is 24.3. The lowest BCUT2D eigenvalue weighted by atomic mass is 9.99. The normalized spacial score (nSPS) is 19.9. The number of nitrogens with one attached hydrogen (secondary N) is 1. The monoisotopic (exact) mass is 493 g/mol. The van der Waals surface area contributed by atoms with Crippen LogP contribution in [0.1, 0.15) is 28.7 Å². The van der Waals surface area contributed by atoms with Gasteiger partial charge in [0, 0.05) is 51.4 Å². The number of β-amino-alcohol motifs (C(OH)–C–C–N with tert-alkyl or cyclic N) is 1. The van der Waals surface area contributed by atoms with E-state index in [0.717, 1.165) is 53.7 Å². The summed E-state index contributed by atoms with van der Waals surface area (Å²) in [5.41, 5.74) is 5.00. The minimum absolute atomic E-state index is 0.0209. The van der Waals surface area contributed by atoms with Crippen LogP contribution in [-0.4, -0.2) is 57.9 Å². The number of pyridine rings is 2. The lowest BCUT2D eigenvalue weighted by Gasteiger charge is -2.36. The van der Waals surface area contributed by atoms with Crippen LogP contribution in [0.25, 0.3) is 11.0 Å². The number of likely N-dealkylation sites (tertiary alicyclic amines) is 1. The number of rotatable bonds is 6. The molecular weight excluding hydrogens is 466 g/mol. The van der Waals surface area contributed by atoms with Crippen molar-refractivity contribution in [1.82, 2.24) is 19.8 Å². The molecule has 2 aliphatic rings. The molecule has 0 aliphatic carbocycles. The molecule has 0 radical (unpaired) electrons. The van der Waals surface area contributed by atoms with E-state index in [0.29, 0.717) is 42.5 Å². The molecule has 0 amide bonds. The Morgan fingerprint density at radius 3 is 3.03 bits per heavy atom. The summed E-state index contributed by atoms with van der Waals surface area (Å²) < 4.78 is 7.17. The molecule has 0 spiro atoms. The van der Waals surface area contributed by atoms with E-state index in [9.17, 15) is 15.2 Å². The van der Waals surface area contributed by atoms with E-state index in [2.05, 4.69) is 27.3 Å². The molecule has 2 N–H and O–H groups in total. The van der Waals surface area contributed by atoms with Crippen molar-refractivity contribution in [2.45, 2.75) is 38.0 Å². The van der Waals surface area contributed by atoms with Crippen LogP contribution in [0.2, 0.25) is 5.02 Å². The van der Waals surface area contributed by atoms with Crippen molar-refractivity contribution < 1.29 is 9.84 Å². The van der Waals surface area contributed by atoms with Crippen LogP contribution in [0.3, 0.4) is 0 Å². The summed E-state index contributed by atoms with van der Waals surface area (Å²) in [5.74, 6) is 0.715. The number of benzene rings is 1. The van der Waals surface area contributed by atoms with Gasteiger partial charge in [-0.05, 0) is 48.2 Å². The highest BCUT2D eigenvalue weighted by molar-refractivity contribution is 6.32. The van der Waals surface area contributed by atoms with Gasteiger partial charge < -0.3 is 24.6 Å². The molecule has 0 unspecified atom stereocenters. The zero-order valence-corrected chi connectivity index (χ0v) is 20.4. The van der Waals surface area contributed by atoms with Crippen LogP contribution >= 0.6 is 11.6 Å². The fourth-order valence-corrected chi connectivity index (χ4v) is 5.39. The number of aliphatic hydroxyl groups excluding tert-OH is 1. The van der Waals surface area contributed by atoms with Crippen molar-refractivity contribution in [3.8, 4) is 11.8 Å². The summed E-state index contributed by atoms with van der Waals surface area (Å²) >= 11 is 6.47. The van der Waals surface area contributed by atoms with E-state index in [1.165, 1.54) is 6.07 Å². The number of ether oxygens (including phenoxy) is 1. The summed E-state index contributed by atoms with van der Waals surface area (Å²) in [6.07, 6.45) is 3.42. The van der Waals surface area contributed by atoms with Gasteiger partial charge in [0.15, 0.2) is 0 Å². The van der Waals surface area contributed by atoms with E-state index in [-0.39, 0.29) is 11.6 Å². The van der Waals surface area contributed by atoms with E-state index < -0.39 is 6.10 Å². The molecule has 1 saturated heterocycles. The Balaban J connectivity index is 1.20. The van der Waals surface area contributed by atoms with Gasteiger partial charge in [-0.2, -0.15) is 5.26 Å². The van der Waals surface area contributed by atoms with Crippen LogP contribution < -0.4 is 15.6 Å². The number of fused-ring (bicyclic) bond motifs is 2. The molecule has 4 heterocycles. The van der Waals surface area contributed by atoms with Gasteiger partial charge in [-0.1, -0.05) is 17.7 Å². The number of hydrogen-bond donors (Lipinski definition) is 2. The van der Waals surface area contributed by atoms with Gasteiger partial charge in [-0.25, -0.2) is 0 Å². The van der Waals surface area contributed by atoms with Crippen LogP contribution in [0.4, 0.5) is 0 Å². The third-order valence-electron chi connectivity index (χ3n) is 7.06. The van der Waals surface area contributed by atoms with Crippen molar-refractivity contribution in [2.75, 3.05) is 26.2 Å². The summed E-state index contributed by atoms with van der Waals surface area (Å²) in [7, 11) is 1.74. The van der Waals surface area contributed by atoms with Crippen molar-refractivity contribution in [1.29, 1.82) is 5.26 Å². The first-order valence-electron chi connectivity index (χ1n) is 11.9. The second-order valence-corrected chi connectivity index (χ2v) is 9.69. The largest absolute Gasteiger partial charge is 0.492 e. The van der Waals surface area contributed by atoms with Gasteiger partial charge >= 0.3 is 0 Å². The first kappa shape index (κ1) is 23.8. The minimum atomic E-state index is -0.508. The summed E-state index contributed by atoms with van der Waals surface area (Å²) in [6, 6.07) is 9.41. The predicted molar refractivity (Wildman–Crippen MR) is 134 cm³/mol. The van der Waals surface area contributed by atoms with Gasteiger partial charge in [-0.15, -0.1) is 0 Å². The first-order valence-corrected chi connectivity index (χ1v) is 12.3. The molecule has 5 rings (SSSR count). The van der Waals surface area contributed by atoms with Gasteiger partial charge in [0.1, 0.15) is 11.8 Å². The SMILES string of the molecule is Cn1c(=O)ccc2ncc(Cl)c(CCN3CC[C@H](NCc4cc(C#N)c5c(c4)CCO5)[C@H](O)C3)c21. The third kappa shape index (κ3) is 4.78. The van der Waals surface area contributed by atoms with Gasteiger partial charge in [0.25, 0.3) is 5.56 Å². The molecule has 1 aromatic carbocycles. The second-order valence-electron chi connectivity index (χ2n) is 9.29. The molecule has 0 saturated carbocycles. The number of nitriles is 1. The van der Waals surface area contributed by atoms with Crippen molar-refractivity contribution in [3.63, 3.8) is 0 Å². The molecular formula is C26H28ClN5O3. The molecule has 0 bridgehead atoms. The van der Waals surface area contributed by atoms with Crippen molar-refractivity contribution in [2.24, 2.45) is 7.05 Å². The fourth-order valence-electron chi connectivity index (χ4n) is 5.16. The van der Waals surface area contributed by atoms with Crippen LogP contribution in [0.5, 0.6) is 5.75 Å². The highest BCUT2D eigenvalue weighted by Gasteiger charge is 2.28. The molecule has 3 aromatic rings. The smallest absolute Gasteiger partial charge is 0.250 e. The standard InChI is InChI=1S/C26H28ClN5O3/c1-31-24(34)3-2-22-25(31)19(20(27)14-30-22)4-7-32-8-5-21(23(33)15-32)29-13-16-10-17-6-9-35-26(17)18(11-16)12-28/h2-3,10-11,14,21,23,29,33H,4-9,13,15H2,1H3/t21-,23+/m0/s1. The maximum absolute atomic E-state index is 12.2. The number of nitrogens with zero attached hydrogens (tertiary/aromatic N) is 4. The highest BCUT2D eigenvalue weighted by Crippen LogP contribution is 2.31. The Bertz CT molecular complexity index is 1370. The van der Waals surface area contributed by atoms with Crippen LogP contribution in [-0.2, 0) is 26.4 Å². The Hall–Kier alpha value is -2.96. The van der Waals surface area contributed by atoms with E-state index in [4.69, 9.17) is 16.3 Å². The van der Waals surface area contributed by atoms with Gasteiger partial charge in [0.2, 0.25) is 0 Å². The number of aryl methyl sites for hydroxylation is 1. The number of halogens is 1. The molecule has 2 atom stereocenters. The first-order chi connectivity index (χ1) is 16.9. The van der Waals surface area contributed by atoms with Crippen LogP contribution in [0, 0.1) is 11.3 Å². The quantitative estimate of drug-likeness (QED) is 0.542. The van der Waals surface area contributed by atoms with E-state index in [1.807, 2.05) is 6.07 Å². The second kappa shape index (κ2) is 9.96. The van der Waals surface area contributed by atoms with Crippen LogP contribution in [0.15, 0.2) is 35.3 Å². The Kier molecular flexibility index (Phi) is 6.76. The molecule has 182 valence electrons. The Morgan fingerprint density at radius 1 is 1.37 bits per heavy atom. The lowest BCUT2D eigenvalue weighted by Crippen LogP contribution is -2.52. The molecule has 9 heteroatoms. The number of hydrogen-bond acceptors (Lipinski definition) is 7. The van der Waals surface area contributed by atoms with Crippen molar-refractivity contribution in [3.05, 3.63) is 68.1 Å². The van der Waals surface area contributed by atoms with Gasteiger partial charge in [0.05, 0.1) is 34.3 Å². The number of aromatic nitrogens is 2.